The number of hydrogen-bond acceptors (Lipinski definition) is 4. The molecule has 3 aromatic rings. The third kappa shape index (κ3) is 5.30. The molecule has 1 amide bonds. The number of halogens is 1. The minimum Gasteiger partial charge on any atom is -0.496 e. The van der Waals surface area contributed by atoms with Gasteiger partial charge in [-0.2, -0.15) is 0 Å². The van der Waals surface area contributed by atoms with Crippen LogP contribution in [0, 0.1) is 5.82 Å². The lowest BCUT2D eigenvalue weighted by Gasteiger charge is -2.10. The largest absolute Gasteiger partial charge is 0.496 e. The van der Waals surface area contributed by atoms with E-state index < -0.39 is 0 Å². The fraction of sp³-hybridized carbons (Fsp3) is 0.182. The van der Waals surface area contributed by atoms with Crippen LogP contribution in [-0.4, -0.2) is 24.5 Å². The number of benzene rings is 2. The number of nitrogens with zero attached hydrogens (tertiary/aromatic N) is 1. The minimum atomic E-state index is -0.245. The van der Waals surface area contributed by atoms with Gasteiger partial charge in [0.2, 0.25) is 0 Å². The number of carbonyl (C=O) groups excluding carboxylic acids is 1. The van der Waals surface area contributed by atoms with Crippen LogP contribution in [0.15, 0.2) is 66.9 Å². The third-order valence-corrected chi connectivity index (χ3v) is 4.29. The van der Waals surface area contributed by atoms with E-state index in [2.05, 4.69) is 15.6 Å². The van der Waals surface area contributed by atoms with Gasteiger partial charge < -0.3 is 15.4 Å². The first-order valence-electron chi connectivity index (χ1n) is 9.00. The second-order valence-corrected chi connectivity index (χ2v) is 6.23. The summed E-state index contributed by atoms with van der Waals surface area (Å²) in [5.41, 5.74) is 2.46. The number of methoxy groups -OCH3 is 1. The van der Waals surface area contributed by atoms with Crippen molar-refractivity contribution in [1.29, 1.82) is 0 Å². The lowest BCUT2D eigenvalue weighted by molar-refractivity contribution is 0.0950. The number of hydrogen-bond donors (Lipinski definition) is 2. The van der Waals surface area contributed by atoms with Gasteiger partial charge in [-0.15, -0.1) is 0 Å². The SMILES string of the molecule is COc1ccccc1CNC(=O)c1ccnc(NCCc2ccc(F)cc2)c1. The fourth-order valence-corrected chi connectivity index (χ4v) is 2.78. The van der Waals surface area contributed by atoms with Gasteiger partial charge in [-0.3, -0.25) is 4.79 Å². The number of pyridine rings is 1. The molecule has 0 radical (unpaired) electrons. The van der Waals surface area contributed by atoms with Crippen molar-refractivity contribution in [2.75, 3.05) is 19.0 Å². The average molecular weight is 379 g/mol. The van der Waals surface area contributed by atoms with Crippen LogP contribution in [0.5, 0.6) is 5.75 Å². The molecule has 0 bridgehead atoms. The fourth-order valence-electron chi connectivity index (χ4n) is 2.78. The summed E-state index contributed by atoms with van der Waals surface area (Å²) in [6.45, 7) is 1.00. The van der Waals surface area contributed by atoms with Crippen LogP contribution < -0.4 is 15.4 Å². The van der Waals surface area contributed by atoms with Crippen LogP contribution in [0.3, 0.4) is 0 Å². The molecule has 28 heavy (non-hydrogen) atoms. The summed E-state index contributed by atoms with van der Waals surface area (Å²) in [5, 5.41) is 6.08. The Labute approximate surface area is 163 Å². The van der Waals surface area contributed by atoms with Gasteiger partial charge in [0.05, 0.1) is 7.11 Å². The van der Waals surface area contributed by atoms with E-state index in [0.29, 0.717) is 24.5 Å². The van der Waals surface area contributed by atoms with Crippen LogP contribution in [0.4, 0.5) is 10.2 Å². The molecule has 144 valence electrons. The second-order valence-electron chi connectivity index (χ2n) is 6.23. The number of aromatic nitrogens is 1. The van der Waals surface area contributed by atoms with Gasteiger partial charge in [0, 0.05) is 30.4 Å². The van der Waals surface area contributed by atoms with Crippen molar-refractivity contribution in [3.8, 4) is 5.75 Å². The van der Waals surface area contributed by atoms with Crippen molar-refractivity contribution in [1.82, 2.24) is 10.3 Å². The average Bonchev–Trinajstić information content (AvgIpc) is 2.74. The van der Waals surface area contributed by atoms with E-state index in [0.717, 1.165) is 23.3 Å². The maximum atomic E-state index is 12.9. The molecular formula is C22H22FN3O2. The lowest BCUT2D eigenvalue weighted by Crippen LogP contribution is -2.23. The second kappa shape index (κ2) is 9.50. The summed E-state index contributed by atoms with van der Waals surface area (Å²) in [4.78, 5) is 16.7. The van der Waals surface area contributed by atoms with Crippen molar-refractivity contribution >= 4 is 11.7 Å². The van der Waals surface area contributed by atoms with Gasteiger partial charge >= 0.3 is 0 Å². The highest BCUT2D eigenvalue weighted by atomic mass is 19.1. The molecule has 0 aliphatic rings. The molecule has 2 N–H and O–H groups in total. The predicted octanol–water partition coefficient (Wildman–Crippen LogP) is 3.81. The molecule has 3 rings (SSSR count). The molecule has 2 aromatic carbocycles. The molecule has 1 aromatic heterocycles. The van der Waals surface area contributed by atoms with E-state index in [-0.39, 0.29) is 11.7 Å². The topological polar surface area (TPSA) is 63.2 Å². The smallest absolute Gasteiger partial charge is 0.251 e. The third-order valence-electron chi connectivity index (χ3n) is 4.29. The Morgan fingerprint density at radius 3 is 2.68 bits per heavy atom. The summed E-state index contributed by atoms with van der Waals surface area (Å²) >= 11 is 0. The monoisotopic (exact) mass is 379 g/mol. The summed E-state index contributed by atoms with van der Waals surface area (Å²) in [7, 11) is 1.60. The zero-order chi connectivity index (χ0) is 19.8. The number of amides is 1. The molecule has 0 saturated carbocycles. The summed E-state index contributed by atoms with van der Waals surface area (Å²) in [6.07, 6.45) is 2.32. The van der Waals surface area contributed by atoms with E-state index >= 15 is 0 Å². The van der Waals surface area contributed by atoms with E-state index in [1.807, 2.05) is 24.3 Å². The highest BCUT2D eigenvalue weighted by molar-refractivity contribution is 5.94. The summed E-state index contributed by atoms with van der Waals surface area (Å²) in [6, 6.07) is 17.3. The molecule has 0 saturated heterocycles. The van der Waals surface area contributed by atoms with E-state index in [9.17, 15) is 9.18 Å². The molecule has 0 unspecified atom stereocenters. The number of carbonyl (C=O) groups is 1. The number of anilines is 1. The minimum absolute atomic E-state index is 0.185. The van der Waals surface area contributed by atoms with Crippen molar-refractivity contribution in [2.45, 2.75) is 13.0 Å². The molecule has 6 heteroatoms. The van der Waals surface area contributed by atoms with E-state index in [4.69, 9.17) is 4.74 Å². The Bertz CT molecular complexity index is 929. The van der Waals surface area contributed by atoms with Crippen LogP contribution in [0.1, 0.15) is 21.5 Å². The summed E-state index contributed by atoms with van der Waals surface area (Å²) in [5.74, 6) is 0.924. The summed E-state index contributed by atoms with van der Waals surface area (Å²) < 4.78 is 18.2. The van der Waals surface area contributed by atoms with Crippen LogP contribution in [0.2, 0.25) is 0 Å². The molecule has 0 aliphatic carbocycles. The molecule has 0 fully saturated rings. The number of ether oxygens (including phenoxy) is 1. The van der Waals surface area contributed by atoms with Crippen molar-refractivity contribution < 1.29 is 13.9 Å². The van der Waals surface area contributed by atoms with Gasteiger partial charge in [0.25, 0.3) is 5.91 Å². The number of rotatable bonds is 8. The van der Waals surface area contributed by atoms with Crippen LogP contribution in [0.25, 0.3) is 0 Å². The first-order valence-corrected chi connectivity index (χ1v) is 9.00. The Morgan fingerprint density at radius 1 is 1.11 bits per heavy atom. The Morgan fingerprint density at radius 2 is 1.89 bits per heavy atom. The highest BCUT2D eigenvalue weighted by Crippen LogP contribution is 2.17. The Kier molecular flexibility index (Phi) is 6.57. The van der Waals surface area contributed by atoms with Crippen molar-refractivity contribution in [2.24, 2.45) is 0 Å². The molecule has 0 aliphatic heterocycles. The van der Waals surface area contributed by atoms with Gasteiger partial charge in [0.1, 0.15) is 17.4 Å². The van der Waals surface area contributed by atoms with Gasteiger partial charge in [-0.25, -0.2) is 9.37 Å². The van der Waals surface area contributed by atoms with Crippen molar-refractivity contribution in [3.63, 3.8) is 0 Å². The molecular weight excluding hydrogens is 357 g/mol. The quantitative estimate of drug-likeness (QED) is 0.625. The van der Waals surface area contributed by atoms with Gasteiger partial charge in [-0.1, -0.05) is 30.3 Å². The maximum Gasteiger partial charge on any atom is 0.251 e. The molecule has 5 nitrogen and oxygen atoms in total. The predicted molar refractivity (Wildman–Crippen MR) is 107 cm³/mol. The normalized spacial score (nSPS) is 10.4. The van der Waals surface area contributed by atoms with Gasteiger partial charge in [-0.05, 0) is 42.3 Å². The maximum absolute atomic E-state index is 12.9. The van der Waals surface area contributed by atoms with Crippen molar-refractivity contribution in [3.05, 3.63) is 89.4 Å². The van der Waals surface area contributed by atoms with E-state index in [1.165, 1.54) is 12.1 Å². The lowest BCUT2D eigenvalue weighted by atomic mass is 10.1. The molecule has 1 heterocycles. The van der Waals surface area contributed by atoms with Gasteiger partial charge in [0.15, 0.2) is 0 Å². The van der Waals surface area contributed by atoms with E-state index in [1.54, 1.807) is 37.6 Å². The molecule has 0 spiro atoms. The zero-order valence-corrected chi connectivity index (χ0v) is 15.6. The first kappa shape index (κ1) is 19.4. The Balaban J connectivity index is 1.54. The zero-order valence-electron chi connectivity index (χ0n) is 15.6. The molecule has 0 atom stereocenters. The number of para-hydroxylation sites is 1. The number of nitrogens with one attached hydrogen (secondary N) is 2. The standard InChI is InChI=1S/C22H22FN3O2/c1-28-20-5-3-2-4-18(20)15-26-22(27)17-11-13-25-21(14-17)24-12-10-16-6-8-19(23)9-7-16/h2-9,11,13-14H,10,12,15H2,1H3,(H,24,25)(H,26,27). The highest BCUT2D eigenvalue weighted by Gasteiger charge is 2.08. The van der Waals surface area contributed by atoms with Crippen LogP contribution in [-0.2, 0) is 13.0 Å². The first-order chi connectivity index (χ1) is 13.7. The Hall–Kier alpha value is -3.41. The van der Waals surface area contributed by atoms with Crippen LogP contribution >= 0.6 is 0 Å².